The molecule has 3 saturated heterocycles. The van der Waals surface area contributed by atoms with Crippen molar-refractivity contribution in [1.29, 1.82) is 0 Å². The minimum absolute atomic E-state index is 0.282. The van der Waals surface area contributed by atoms with E-state index in [2.05, 4.69) is 0 Å². The molecule has 3 heterocycles. The van der Waals surface area contributed by atoms with E-state index in [9.17, 15) is 8.42 Å². The minimum Gasteiger partial charge on any atom is -0.348 e. The zero-order valence-electron chi connectivity index (χ0n) is 13.3. The summed E-state index contributed by atoms with van der Waals surface area (Å²) in [5.74, 6) is -1.60. The molecule has 0 N–H and O–H groups in total. The van der Waals surface area contributed by atoms with E-state index in [1.807, 2.05) is 0 Å². The van der Waals surface area contributed by atoms with Crippen molar-refractivity contribution in [3.8, 4) is 0 Å². The van der Waals surface area contributed by atoms with Crippen LogP contribution in [0.4, 0.5) is 0 Å². The van der Waals surface area contributed by atoms with Gasteiger partial charge in [0.1, 0.15) is 24.4 Å². The lowest BCUT2D eigenvalue weighted by Gasteiger charge is -2.28. The van der Waals surface area contributed by atoms with Gasteiger partial charge in [-0.3, -0.25) is 4.18 Å². The quantitative estimate of drug-likeness (QED) is 0.682. The molecule has 0 amide bonds. The molecule has 0 unspecified atom stereocenters. The van der Waals surface area contributed by atoms with Gasteiger partial charge in [-0.05, 0) is 27.7 Å². The van der Waals surface area contributed by atoms with E-state index in [4.69, 9.17) is 27.9 Å². The first kappa shape index (κ1) is 16.6. The summed E-state index contributed by atoms with van der Waals surface area (Å²) >= 11 is 0. The fourth-order valence-electron chi connectivity index (χ4n) is 2.99. The zero-order chi connectivity index (χ0) is 16.3. The van der Waals surface area contributed by atoms with Crippen LogP contribution in [-0.4, -0.2) is 63.6 Å². The second kappa shape index (κ2) is 5.10. The van der Waals surface area contributed by atoms with Gasteiger partial charge in [-0.15, -0.1) is 0 Å². The van der Waals surface area contributed by atoms with E-state index < -0.39 is 52.4 Å². The van der Waals surface area contributed by atoms with Gasteiger partial charge >= 0.3 is 0 Å². The number of hydrogen-bond acceptors (Lipinski definition) is 8. The molecular formula is C13H22O8S. The van der Waals surface area contributed by atoms with Crippen molar-refractivity contribution >= 4 is 10.1 Å². The third-order valence-corrected chi connectivity index (χ3v) is 4.28. The van der Waals surface area contributed by atoms with Crippen LogP contribution < -0.4 is 0 Å². The van der Waals surface area contributed by atoms with Crippen molar-refractivity contribution < 1.29 is 36.3 Å². The number of rotatable bonds is 3. The Morgan fingerprint density at radius 1 is 1.00 bits per heavy atom. The molecule has 0 aromatic rings. The third kappa shape index (κ3) is 3.30. The highest BCUT2D eigenvalue weighted by Gasteiger charge is 2.59. The van der Waals surface area contributed by atoms with Gasteiger partial charge in [-0.1, -0.05) is 0 Å². The molecule has 0 aromatic carbocycles. The summed E-state index contributed by atoms with van der Waals surface area (Å²) in [5, 5.41) is 0. The average molecular weight is 338 g/mol. The molecule has 128 valence electrons. The molecule has 9 heteroatoms. The first-order valence-corrected chi connectivity index (χ1v) is 8.99. The summed E-state index contributed by atoms with van der Waals surface area (Å²) in [5.41, 5.74) is 0. The number of fused-ring (bicyclic) bond motifs is 1. The van der Waals surface area contributed by atoms with Crippen LogP contribution in [0.3, 0.4) is 0 Å². The molecule has 3 fully saturated rings. The molecule has 0 radical (unpaired) electrons. The Bertz CT molecular complexity index is 542. The Morgan fingerprint density at radius 3 is 2.23 bits per heavy atom. The number of ether oxygens (including phenoxy) is 5. The van der Waals surface area contributed by atoms with Crippen LogP contribution in [0.25, 0.3) is 0 Å². The third-order valence-electron chi connectivity index (χ3n) is 3.71. The first-order chi connectivity index (χ1) is 9.96. The molecule has 22 heavy (non-hydrogen) atoms. The molecule has 0 saturated carbocycles. The topological polar surface area (TPSA) is 89.5 Å². The van der Waals surface area contributed by atoms with E-state index >= 15 is 0 Å². The summed E-state index contributed by atoms with van der Waals surface area (Å²) in [4.78, 5) is 0. The van der Waals surface area contributed by atoms with Crippen LogP contribution in [0.1, 0.15) is 27.7 Å². The van der Waals surface area contributed by atoms with Crippen molar-refractivity contribution in [2.45, 2.75) is 70.0 Å². The minimum atomic E-state index is -3.69. The van der Waals surface area contributed by atoms with E-state index in [0.29, 0.717) is 0 Å². The van der Waals surface area contributed by atoms with Crippen molar-refractivity contribution in [3.63, 3.8) is 0 Å². The molecular weight excluding hydrogens is 316 g/mol. The van der Waals surface area contributed by atoms with E-state index in [1.165, 1.54) is 0 Å². The molecule has 3 aliphatic heterocycles. The Kier molecular flexibility index (Phi) is 3.84. The Labute approximate surface area is 130 Å². The second-order valence-electron chi connectivity index (χ2n) is 6.70. The van der Waals surface area contributed by atoms with Crippen molar-refractivity contribution in [1.82, 2.24) is 0 Å². The Morgan fingerprint density at radius 2 is 1.68 bits per heavy atom. The standard InChI is InChI=1S/C13H22O8S/c1-12(2)16-6-7(18-12)8-9(21-22(5,14)15)10-11(17-8)20-13(3,4)19-10/h7-11H,6H2,1-5H3/t7-,8-,9+,10-,11+/m1/s1. The fraction of sp³-hybridized carbons (Fsp3) is 1.00. The Hall–Kier alpha value is -0.290. The van der Waals surface area contributed by atoms with Gasteiger partial charge in [-0.2, -0.15) is 8.42 Å². The highest BCUT2D eigenvalue weighted by Crippen LogP contribution is 2.42. The van der Waals surface area contributed by atoms with E-state index in [-0.39, 0.29) is 6.61 Å². The highest BCUT2D eigenvalue weighted by molar-refractivity contribution is 7.86. The molecule has 3 aliphatic rings. The fourth-order valence-corrected chi connectivity index (χ4v) is 3.61. The van der Waals surface area contributed by atoms with Crippen molar-refractivity contribution in [2.75, 3.05) is 12.9 Å². The summed E-state index contributed by atoms with van der Waals surface area (Å²) in [7, 11) is -3.69. The second-order valence-corrected chi connectivity index (χ2v) is 8.30. The van der Waals surface area contributed by atoms with Crippen LogP contribution >= 0.6 is 0 Å². The van der Waals surface area contributed by atoms with Crippen LogP contribution in [0, 0.1) is 0 Å². The summed E-state index contributed by atoms with van der Waals surface area (Å²) in [6.45, 7) is 7.32. The normalized spacial score (nSPS) is 43.4. The maximum absolute atomic E-state index is 11.6. The summed E-state index contributed by atoms with van der Waals surface area (Å²) in [6.07, 6.45) is -2.29. The lowest BCUT2D eigenvalue weighted by molar-refractivity contribution is -0.230. The van der Waals surface area contributed by atoms with Crippen molar-refractivity contribution in [3.05, 3.63) is 0 Å². The van der Waals surface area contributed by atoms with Crippen molar-refractivity contribution in [2.24, 2.45) is 0 Å². The lowest BCUT2D eigenvalue weighted by atomic mass is 10.1. The van der Waals surface area contributed by atoms with Gasteiger partial charge < -0.3 is 23.7 Å². The number of hydrogen-bond donors (Lipinski definition) is 0. The average Bonchev–Trinajstić information content (AvgIpc) is 2.89. The van der Waals surface area contributed by atoms with E-state index in [0.717, 1.165) is 6.26 Å². The predicted molar refractivity (Wildman–Crippen MR) is 73.3 cm³/mol. The predicted octanol–water partition coefficient (Wildman–Crippen LogP) is 0.359. The maximum atomic E-state index is 11.6. The molecule has 8 nitrogen and oxygen atoms in total. The van der Waals surface area contributed by atoms with Gasteiger partial charge in [0.15, 0.2) is 17.9 Å². The smallest absolute Gasteiger partial charge is 0.264 e. The molecule has 3 rings (SSSR count). The summed E-state index contributed by atoms with van der Waals surface area (Å²) in [6, 6.07) is 0. The monoisotopic (exact) mass is 338 g/mol. The van der Waals surface area contributed by atoms with Gasteiger partial charge in [0.05, 0.1) is 12.9 Å². The van der Waals surface area contributed by atoms with Gasteiger partial charge in [0.2, 0.25) is 0 Å². The van der Waals surface area contributed by atoms with Gasteiger partial charge in [0.25, 0.3) is 10.1 Å². The molecule has 5 atom stereocenters. The molecule has 0 aromatic heterocycles. The SMILES string of the molecule is CC1(C)O[C@@H]2O[C@H]([C@H]3COC(C)(C)O3)[C@H](OS(C)(=O)=O)[C@H]2O1. The van der Waals surface area contributed by atoms with Crippen LogP contribution in [0.15, 0.2) is 0 Å². The lowest BCUT2D eigenvalue weighted by Crippen LogP contribution is -2.45. The largest absolute Gasteiger partial charge is 0.348 e. The first-order valence-electron chi connectivity index (χ1n) is 7.17. The van der Waals surface area contributed by atoms with E-state index in [1.54, 1.807) is 27.7 Å². The molecule has 0 bridgehead atoms. The summed E-state index contributed by atoms with van der Waals surface area (Å²) < 4.78 is 56.8. The Balaban J connectivity index is 1.81. The van der Waals surface area contributed by atoms with Gasteiger partial charge in [-0.25, -0.2) is 0 Å². The molecule has 0 spiro atoms. The zero-order valence-corrected chi connectivity index (χ0v) is 14.1. The van der Waals surface area contributed by atoms with Crippen LogP contribution in [0.5, 0.6) is 0 Å². The van der Waals surface area contributed by atoms with Crippen LogP contribution in [-0.2, 0) is 38.0 Å². The maximum Gasteiger partial charge on any atom is 0.264 e. The van der Waals surface area contributed by atoms with Crippen LogP contribution in [0.2, 0.25) is 0 Å². The molecule has 0 aliphatic carbocycles. The van der Waals surface area contributed by atoms with Gasteiger partial charge in [0, 0.05) is 0 Å². The highest BCUT2D eigenvalue weighted by atomic mass is 32.2.